The first-order valence-corrected chi connectivity index (χ1v) is 9.89. The highest BCUT2D eigenvalue weighted by Gasteiger charge is 2.34. The number of fused-ring (bicyclic) bond motifs is 1. The molecule has 2 aromatic heterocycles. The van der Waals surface area contributed by atoms with E-state index in [2.05, 4.69) is 38.3 Å². The third kappa shape index (κ3) is 2.62. The lowest BCUT2D eigenvalue weighted by molar-refractivity contribution is 0.228. The molecule has 0 unspecified atom stereocenters. The molecule has 0 radical (unpaired) electrons. The van der Waals surface area contributed by atoms with E-state index in [9.17, 15) is 0 Å². The van der Waals surface area contributed by atoms with Gasteiger partial charge in [-0.05, 0) is 57.9 Å². The van der Waals surface area contributed by atoms with E-state index in [4.69, 9.17) is 4.98 Å². The molecule has 2 fully saturated rings. The van der Waals surface area contributed by atoms with Gasteiger partial charge < -0.3 is 9.13 Å². The highest BCUT2D eigenvalue weighted by Crippen LogP contribution is 2.39. The van der Waals surface area contributed by atoms with Gasteiger partial charge in [-0.15, -0.1) is 10.2 Å². The second kappa shape index (κ2) is 5.94. The standard InChI is InChI=1S/C19H28N6/c1-23-15-7-4-3-6-14(15)20-19(23)16-8-5-11-25(16)12-17-21-22-18(24(17)2)13-9-10-13/h13,16H,3-12H2,1-2H3/t16-/m1/s1. The van der Waals surface area contributed by atoms with Crippen LogP contribution >= 0.6 is 0 Å². The van der Waals surface area contributed by atoms with Gasteiger partial charge in [0.15, 0.2) is 0 Å². The summed E-state index contributed by atoms with van der Waals surface area (Å²) in [5, 5.41) is 8.95. The Morgan fingerprint density at radius 2 is 1.76 bits per heavy atom. The number of rotatable bonds is 4. The maximum absolute atomic E-state index is 5.07. The van der Waals surface area contributed by atoms with E-state index in [1.54, 1.807) is 0 Å². The Morgan fingerprint density at radius 1 is 0.920 bits per heavy atom. The zero-order valence-electron chi connectivity index (χ0n) is 15.4. The van der Waals surface area contributed by atoms with Crippen LogP contribution in [0.1, 0.15) is 79.3 Å². The van der Waals surface area contributed by atoms with Crippen LogP contribution < -0.4 is 0 Å². The van der Waals surface area contributed by atoms with Crippen LogP contribution in [0, 0.1) is 0 Å². The summed E-state index contributed by atoms with van der Waals surface area (Å²) in [5.74, 6) is 4.21. The van der Waals surface area contributed by atoms with Gasteiger partial charge in [-0.25, -0.2) is 4.98 Å². The van der Waals surface area contributed by atoms with Crippen molar-refractivity contribution in [3.8, 4) is 0 Å². The molecule has 2 aromatic rings. The fourth-order valence-electron chi connectivity index (χ4n) is 4.70. The van der Waals surface area contributed by atoms with Crippen LogP contribution in [0.4, 0.5) is 0 Å². The fourth-order valence-corrected chi connectivity index (χ4v) is 4.70. The predicted octanol–water partition coefficient (Wildman–Crippen LogP) is 2.64. The molecule has 1 saturated heterocycles. The summed E-state index contributed by atoms with van der Waals surface area (Å²) >= 11 is 0. The molecule has 0 bridgehead atoms. The number of imidazole rings is 1. The number of hydrogen-bond donors (Lipinski definition) is 0. The summed E-state index contributed by atoms with van der Waals surface area (Å²) in [7, 11) is 4.35. The zero-order chi connectivity index (χ0) is 17.0. The van der Waals surface area contributed by atoms with Crippen molar-refractivity contribution in [1.29, 1.82) is 0 Å². The van der Waals surface area contributed by atoms with Crippen LogP contribution in [0.3, 0.4) is 0 Å². The number of aromatic nitrogens is 5. The van der Waals surface area contributed by atoms with Gasteiger partial charge in [0.2, 0.25) is 0 Å². The van der Waals surface area contributed by atoms with Gasteiger partial charge in [0.05, 0.1) is 18.3 Å². The van der Waals surface area contributed by atoms with Crippen LogP contribution in [0.25, 0.3) is 0 Å². The molecule has 25 heavy (non-hydrogen) atoms. The topological polar surface area (TPSA) is 51.8 Å². The molecule has 1 aliphatic heterocycles. The quantitative estimate of drug-likeness (QED) is 0.858. The van der Waals surface area contributed by atoms with Crippen molar-refractivity contribution in [3.05, 3.63) is 28.9 Å². The summed E-state index contributed by atoms with van der Waals surface area (Å²) in [4.78, 5) is 7.63. The molecular weight excluding hydrogens is 312 g/mol. The van der Waals surface area contributed by atoms with Crippen molar-refractivity contribution in [2.75, 3.05) is 6.54 Å². The second-order valence-electron chi connectivity index (χ2n) is 8.07. The summed E-state index contributed by atoms with van der Waals surface area (Å²) in [6.45, 7) is 2.02. The number of nitrogens with zero attached hydrogens (tertiary/aromatic N) is 6. The Kier molecular flexibility index (Phi) is 3.69. The third-order valence-electron chi connectivity index (χ3n) is 6.36. The SMILES string of the molecule is Cn1c(CN2CCC[C@@H]2c2nc3c(n2C)CCCC3)nnc1C1CC1. The minimum atomic E-state index is 0.427. The average Bonchev–Trinajstić information content (AvgIpc) is 3.12. The van der Waals surface area contributed by atoms with Crippen molar-refractivity contribution in [2.24, 2.45) is 14.1 Å². The van der Waals surface area contributed by atoms with E-state index in [1.165, 1.54) is 68.0 Å². The predicted molar refractivity (Wildman–Crippen MR) is 95.2 cm³/mol. The lowest BCUT2D eigenvalue weighted by Gasteiger charge is -2.24. The minimum absolute atomic E-state index is 0.427. The average molecular weight is 340 g/mol. The van der Waals surface area contributed by atoms with Gasteiger partial charge in [0, 0.05) is 25.7 Å². The first kappa shape index (κ1) is 15.6. The molecule has 2 aliphatic carbocycles. The summed E-state index contributed by atoms with van der Waals surface area (Å²) in [5.41, 5.74) is 2.83. The zero-order valence-corrected chi connectivity index (χ0v) is 15.4. The molecular formula is C19H28N6. The molecule has 3 heterocycles. The highest BCUT2D eigenvalue weighted by atomic mass is 15.3. The van der Waals surface area contributed by atoms with E-state index in [-0.39, 0.29) is 0 Å². The van der Waals surface area contributed by atoms with Crippen LogP contribution in [-0.4, -0.2) is 35.8 Å². The van der Waals surface area contributed by atoms with Gasteiger partial charge >= 0.3 is 0 Å². The maximum atomic E-state index is 5.07. The maximum Gasteiger partial charge on any atom is 0.146 e. The third-order valence-corrected chi connectivity index (χ3v) is 6.36. The van der Waals surface area contributed by atoms with E-state index < -0.39 is 0 Å². The summed E-state index contributed by atoms with van der Waals surface area (Å²) < 4.78 is 4.63. The second-order valence-corrected chi connectivity index (χ2v) is 8.07. The lowest BCUT2D eigenvalue weighted by atomic mass is 10.0. The van der Waals surface area contributed by atoms with Crippen LogP contribution in [-0.2, 0) is 33.5 Å². The van der Waals surface area contributed by atoms with Crippen LogP contribution in [0.15, 0.2) is 0 Å². The van der Waals surface area contributed by atoms with Gasteiger partial charge in [0.1, 0.15) is 17.5 Å². The van der Waals surface area contributed by atoms with Crippen molar-refractivity contribution in [1.82, 2.24) is 29.2 Å². The van der Waals surface area contributed by atoms with Crippen molar-refractivity contribution < 1.29 is 0 Å². The molecule has 6 heteroatoms. The first-order valence-electron chi connectivity index (χ1n) is 9.89. The van der Waals surface area contributed by atoms with Gasteiger partial charge in [-0.2, -0.15) is 0 Å². The minimum Gasteiger partial charge on any atom is -0.334 e. The first-order chi connectivity index (χ1) is 12.2. The Balaban J connectivity index is 1.40. The molecule has 0 amide bonds. The normalized spacial score (nSPS) is 24.0. The van der Waals surface area contributed by atoms with E-state index in [0.29, 0.717) is 12.0 Å². The van der Waals surface area contributed by atoms with E-state index in [1.807, 2.05) is 0 Å². The molecule has 6 nitrogen and oxygen atoms in total. The summed E-state index contributed by atoms with van der Waals surface area (Å²) in [6.07, 6.45) is 9.95. The van der Waals surface area contributed by atoms with Crippen LogP contribution in [0.2, 0.25) is 0 Å². The lowest BCUT2D eigenvalue weighted by Crippen LogP contribution is -2.26. The Hall–Kier alpha value is -1.69. The Bertz CT molecular complexity index is 784. The molecule has 0 aromatic carbocycles. The smallest absolute Gasteiger partial charge is 0.146 e. The molecule has 1 atom stereocenters. The monoisotopic (exact) mass is 340 g/mol. The van der Waals surface area contributed by atoms with Gasteiger partial charge in [-0.1, -0.05) is 0 Å². The van der Waals surface area contributed by atoms with E-state index in [0.717, 1.165) is 25.3 Å². The summed E-state index contributed by atoms with van der Waals surface area (Å²) in [6, 6.07) is 0.427. The molecule has 3 aliphatic rings. The molecule has 1 saturated carbocycles. The Labute approximate surface area is 149 Å². The Morgan fingerprint density at radius 3 is 2.56 bits per heavy atom. The molecule has 0 spiro atoms. The van der Waals surface area contributed by atoms with Crippen LogP contribution in [0.5, 0.6) is 0 Å². The van der Waals surface area contributed by atoms with Crippen molar-refractivity contribution >= 4 is 0 Å². The molecule has 134 valence electrons. The molecule has 5 rings (SSSR count). The van der Waals surface area contributed by atoms with Crippen molar-refractivity contribution in [3.63, 3.8) is 0 Å². The molecule has 0 N–H and O–H groups in total. The number of aryl methyl sites for hydroxylation is 1. The number of hydrogen-bond acceptors (Lipinski definition) is 4. The van der Waals surface area contributed by atoms with E-state index >= 15 is 0 Å². The fraction of sp³-hybridized carbons (Fsp3) is 0.737. The number of likely N-dealkylation sites (tertiary alicyclic amines) is 1. The largest absolute Gasteiger partial charge is 0.334 e. The van der Waals surface area contributed by atoms with Crippen molar-refractivity contribution in [2.45, 2.75) is 69.9 Å². The van der Waals surface area contributed by atoms with Gasteiger partial charge in [-0.3, -0.25) is 4.90 Å². The highest BCUT2D eigenvalue weighted by molar-refractivity contribution is 5.22. The van der Waals surface area contributed by atoms with Gasteiger partial charge in [0.25, 0.3) is 0 Å².